The Morgan fingerprint density at radius 1 is 1.19 bits per heavy atom. The van der Waals surface area contributed by atoms with Crippen molar-refractivity contribution in [2.24, 2.45) is 0 Å². The first kappa shape index (κ1) is 16.0. The highest BCUT2D eigenvalue weighted by atomic mass is 19.1. The summed E-state index contributed by atoms with van der Waals surface area (Å²) in [7, 11) is 2.97. The van der Waals surface area contributed by atoms with Crippen LogP contribution in [0.1, 0.15) is 18.0 Å². The number of nitrogens with zero attached hydrogens (tertiary/aromatic N) is 1. The fourth-order valence-corrected chi connectivity index (χ4v) is 2.76. The standard InChI is InChI=1S/C15H22F2N2O2/c1-20-14-9-11(12(17)10-15(14)21-2)13(3-4-16)19-7-5-18-6-8-19/h9-10,13,18H,3-8H2,1-2H3/t13-/m0/s1. The van der Waals surface area contributed by atoms with E-state index < -0.39 is 6.67 Å². The van der Waals surface area contributed by atoms with Gasteiger partial charge in [0.25, 0.3) is 0 Å². The Kier molecular flexibility index (Phi) is 5.76. The normalized spacial score (nSPS) is 17.5. The molecule has 1 aliphatic rings. The molecule has 1 fully saturated rings. The van der Waals surface area contributed by atoms with Crippen molar-refractivity contribution >= 4 is 0 Å². The SMILES string of the molecule is COc1cc(F)c([C@H](CCF)N2CCNCC2)cc1OC. The molecule has 0 bridgehead atoms. The quantitative estimate of drug-likeness (QED) is 0.873. The Morgan fingerprint density at radius 2 is 1.81 bits per heavy atom. The molecule has 21 heavy (non-hydrogen) atoms. The van der Waals surface area contributed by atoms with E-state index in [1.54, 1.807) is 6.07 Å². The first-order valence-electron chi connectivity index (χ1n) is 7.13. The van der Waals surface area contributed by atoms with Gasteiger partial charge in [-0.1, -0.05) is 0 Å². The maximum absolute atomic E-state index is 14.4. The van der Waals surface area contributed by atoms with E-state index >= 15 is 0 Å². The van der Waals surface area contributed by atoms with Crippen LogP contribution in [0.25, 0.3) is 0 Å². The molecular formula is C15H22F2N2O2. The minimum atomic E-state index is -0.484. The van der Waals surface area contributed by atoms with Crippen LogP contribution < -0.4 is 14.8 Å². The van der Waals surface area contributed by atoms with E-state index in [1.807, 2.05) is 0 Å². The van der Waals surface area contributed by atoms with Crippen molar-refractivity contribution in [2.45, 2.75) is 12.5 Å². The van der Waals surface area contributed by atoms with Gasteiger partial charge in [0, 0.05) is 43.9 Å². The highest BCUT2D eigenvalue weighted by Gasteiger charge is 2.26. The number of hydrogen-bond donors (Lipinski definition) is 1. The third-order valence-corrected chi connectivity index (χ3v) is 3.84. The van der Waals surface area contributed by atoms with Crippen molar-refractivity contribution in [3.05, 3.63) is 23.5 Å². The van der Waals surface area contributed by atoms with Crippen LogP contribution in [0.4, 0.5) is 8.78 Å². The van der Waals surface area contributed by atoms with Crippen LogP contribution >= 0.6 is 0 Å². The second-order valence-corrected chi connectivity index (χ2v) is 5.01. The monoisotopic (exact) mass is 300 g/mol. The molecular weight excluding hydrogens is 278 g/mol. The molecule has 2 rings (SSSR count). The van der Waals surface area contributed by atoms with Gasteiger partial charge < -0.3 is 14.8 Å². The number of hydrogen-bond acceptors (Lipinski definition) is 4. The van der Waals surface area contributed by atoms with Crippen LogP contribution in [0, 0.1) is 5.82 Å². The molecule has 0 aromatic heterocycles. The van der Waals surface area contributed by atoms with Gasteiger partial charge in [-0.3, -0.25) is 9.29 Å². The predicted octanol–water partition coefficient (Wildman–Crippen LogP) is 2.15. The number of methoxy groups -OCH3 is 2. The van der Waals surface area contributed by atoms with Gasteiger partial charge in [-0.05, 0) is 12.5 Å². The van der Waals surface area contributed by atoms with Crippen LogP contribution in [0.2, 0.25) is 0 Å². The molecule has 118 valence electrons. The first-order chi connectivity index (χ1) is 10.2. The van der Waals surface area contributed by atoms with Gasteiger partial charge in [0.15, 0.2) is 11.5 Å². The molecule has 1 heterocycles. The van der Waals surface area contributed by atoms with E-state index in [0.717, 1.165) is 26.2 Å². The van der Waals surface area contributed by atoms with Gasteiger partial charge >= 0.3 is 0 Å². The number of nitrogens with one attached hydrogen (secondary N) is 1. The number of ether oxygens (including phenoxy) is 2. The van der Waals surface area contributed by atoms with E-state index in [0.29, 0.717) is 17.1 Å². The summed E-state index contributed by atoms with van der Waals surface area (Å²) >= 11 is 0. The zero-order valence-electron chi connectivity index (χ0n) is 12.5. The summed E-state index contributed by atoms with van der Waals surface area (Å²) in [5.74, 6) is 0.426. The molecule has 1 atom stereocenters. The number of halogens is 2. The minimum absolute atomic E-state index is 0.270. The molecule has 0 amide bonds. The summed E-state index contributed by atoms with van der Waals surface area (Å²) in [4.78, 5) is 2.11. The van der Waals surface area contributed by atoms with E-state index in [-0.39, 0.29) is 18.3 Å². The molecule has 1 aliphatic heterocycles. The van der Waals surface area contributed by atoms with Crippen molar-refractivity contribution in [3.8, 4) is 11.5 Å². The highest BCUT2D eigenvalue weighted by molar-refractivity contribution is 5.44. The molecule has 0 saturated carbocycles. The Balaban J connectivity index is 2.34. The summed E-state index contributed by atoms with van der Waals surface area (Å²) in [6.07, 6.45) is 0.270. The van der Waals surface area contributed by atoms with Crippen LogP contribution in [0.15, 0.2) is 12.1 Å². The summed E-state index contributed by atoms with van der Waals surface area (Å²) in [6.45, 7) is 2.73. The zero-order chi connectivity index (χ0) is 15.2. The molecule has 0 aliphatic carbocycles. The number of alkyl halides is 1. The maximum atomic E-state index is 14.4. The smallest absolute Gasteiger partial charge is 0.163 e. The summed E-state index contributed by atoms with van der Waals surface area (Å²) in [5.41, 5.74) is 0.465. The van der Waals surface area contributed by atoms with E-state index in [9.17, 15) is 8.78 Å². The predicted molar refractivity (Wildman–Crippen MR) is 77.3 cm³/mol. The molecule has 1 N–H and O–H groups in total. The zero-order valence-corrected chi connectivity index (χ0v) is 12.5. The summed E-state index contributed by atoms with van der Waals surface area (Å²) < 4.78 is 37.6. The lowest BCUT2D eigenvalue weighted by Crippen LogP contribution is -2.45. The molecule has 1 aromatic rings. The molecule has 1 aromatic carbocycles. The molecule has 6 heteroatoms. The van der Waals surface area contributed by atoms with Gasteiger partial charge in [0.2, 0.25) is 0 Å². The van der Waals surface area contributed by atoms with Gasteiger partial charge in [-0.2, -0.15) is 0 Å². The van der Waals surface area contributed by atoms with Crippen molar-refractivity contribution in [1.82, 2.24) is 10.2 Å². The van der Waals surface area contributed by atoms with Gasteiger partial charge in [-0.15, -0.1) is 0 Å². The second kappa shape index (κ2) is 7.56. The Labute approximate surface area is 124 Å². The lowest BCUT2D eigenvalue weighted by molar-refractivity contribution is 0.154. The highest BCUT2D eigenvalue weighted by Crippen LogP contribution is 2.35. The van der Waals surface area contributed by atoms with Crippen LogP contribution in [0.3, 0.4) is 0 Å². The Bertz CT molecular complexity index is 465. The lowest BCUT2D eigenvalue weighted by Gasteiger charge is -2.35. The van der Waals surface area contributed by atoms with E-state index in [1.165, 1.54) is 20.3 Å². The van der Waals surface area contributed by atoms with Crippen molar-refractivity contribution in [2.75, 3.05) is 47.1 Å². The fraction of sp³-hybridized carbons (Fsp3) is 0.600. The average molecular weight is 300 g/mol. The largest absolute Gasteiger partial charge is 0.493 e. The second-order valence-electron chi connectivity index (χ2n) is 5.01. The first-order valence-corrected chi connectivity index (χ1v) is 7.13. The topological polar surface area (TPSA) is 33.7 Å². The van der Waals surface area contributed by atoms with E-state index in [4.69, 9.17) is 9.47 Å². The van der Waals surface area contributed by atoms with Crippen LogP contribution in [-0.4, -0.2) is 52.0 Å². The molecule has 1 saturated heterocycles. The fourth-order valence-electron chi connectivity index (χ4n) is 2.76. The van der Waals surface area contributed by atoms with Gasteiger partial charge in [0.05, 0.1) is 20.9 Å². The minimum Gasteiger partial charge on any atom is -0.493 e. The average Bonchev–Trinajstić information content (AvgIpc) is 2.53. The summed E-state index contributed by atoms with van der Waals surface area (Å²) in [5, 5.41) is 3.24. The molecule has 0 spiro atoms. The number of benzene rings is 1. The number of piperazine rings is 1. The Morgan fingerprint density at radius 3 is 2.38 bits per heavy atom. The van der Waals surface area contributed by atoms with Crippen molar-refractivity contribution < 1.29 is 18.3 Å². The van der Waals surface area contributed by atoms with Crippen molar-refractivity contribution in [1.29, 1.82) is 0 Å². The van der Waals surface area contributed by atoms with Crippen molar-refractivity contribution in [3.63, 3.8) is 0 Å². The third kappa shape index (κ3) is 3.63. The van der Waals surface area contributed by atoms with Crippen LogP contribution in [-0.2, 0) is 0 Å². The molecule has 4 nitrogen and oxygen atoms in total. The van der Waals surface area contributed by atoms with E-state index in [2.05, 4.69) is 10.2 Å². The number of rotatable bonds is 6. The summed E-state index contributed by atoms with van der Waals surface area (Å²) in [6, 6.07) is 2.65. The van der Waals surface area contributed by atoms with Gasteiger partial charge in [0.1, 0.15) is 5.82 Å². The molecule has 0 radical (unpaired) electrons. The third-order valence-electron chi connectivity index (χ3n) is 3.84. The maximum Gasteiger partial charge on any atom is 0.163 e. The van der Waals surface area contributed by atoms with Crippen LogP contribution in [0.5, 0.6) is 11.5 Å². The lowest BCUT2D eigenvalue weighted by atomic mass is 10.00. The molecule has 0 unspecified atom stereocenters. The van der Waals surface area contributed by atoms with Gasteiger partial charge in [-0.25, -0.2) is 4.39 Å². The Hall–Kier alpha value is -1.40.